The molecule has 1 unspecified atom stereocenters. The Bertz CT molecular complexity index is 540. The van der Waals surface area contributed by atoms with Gasteiger partial charge in [0.2, 0.25) is 0 Å². The van der Waals surface area contributed by atoms with Crippen LogP contribution in [-0.2, 0) is 0 Å². The summed E-state index contributed by atoms with van der Waals surface area (Å²) < 4.78 is 0. The summed E-state index contributed by atoms with van der Waals surface area (Å²) in [5, 5.41) is 4.44. The third-order valence-electron chi connectivity index (χ3n) is 3.63. The van der Waals surface area contributed by atoms with Crippen molar-refractivity contribution in [3.05, 3.63) is 69.7 Å². The van der Waals surface area contributed by atoms with Gasteiger partial charge in [-0.3, -0.25) is 0 Å². The van der Waals surface area contributed by atoms with Gasteiger partial charge in [-0.1, -0.05) is 48.9 Å². The van der Waals surface area contributed by atoms with E-state index in [2.05, 4.69) is 56.4 Å². The molecule has 1 nitrogen and oxygen atoms in total. The minimum atomic E-state index is 0.230. The Morgan fingerprint density at radius 3 is 2.15 bits per heavy atom. The zero-order valence-electron chi connectivity index (χ0n) is 12.4. The summed E-state index contributed by atoms with van der Waals surface area (Å²) in [6, 6.07) is 14.9. The van der Waals surface area contributed by atoms with E-state index >= 15 is 0 Å². The lowest BCUT2D eigenvalue weighted by Crippen LogP contribution is -2.24. The first-order valence-corrected chi connectivity index (χ1v) is 7.56. The molecule has 2 rings (SSSR count). The van der Waals surface area contributed by atoms with Gasteiger partial charge in [0.05, 0.1) is 6.04 Å². The van der Waals surface area contributed by atoms with Crippen LogP contribution in [-0.4, -0.2) is 6.54 Å². The fourth-order valence-electron chi connectivity index (χ4n) is 2.61. The number of halogens is 1. The van der Waals surface area contributed by atoms with Crippen LogP contribution in [0.3, 0.4) is 0 Å². The van der Waals surface area contributed by atoms with Crippen LogP contribution < -0.4 is 5.32 Å². The van der Waals surface area contributed by atoms with Gasteiger partial charge in [0, 0.05) is 5.02 Å². The van der Waals surface area contributed by atoms with Crippen LogP contribution in [0.25, 0.3) is 0 Å². The van der Waals surface area contributed by atoms with Crippen molar-refractivity contribution in [1.82, 2.24) is 5.32 Å². The normalized spacial score (nSPS) is 12.4. The van der Waals surface area contributed by atoms with E-state index < -0.39 is 0 Å². The fraction of sp³-hybridized carbons (Fsp3) is 0.333. The van der Waals surface area contributed by atoms with Gasteiger partial charge in [-0.2, -0.15) is 0 Å². The zero-order valence-corrected chi connectivity index (χ0v) is 13.2. The second kappa shape index (κ2) is 6.92. The lowest BCUT2D eigenvalue weighted by molar-refractivity contribution is 0.594. The Hall–Kier alpha value is -1.31. The number of nitrogens with one attached hydrogen (secondary N) is 1. The average molecular weight is 288 g/mol. The van der Waals surface area contributed by atoms with E-state index in [1.54, 1.807) is 0 Å². The standard InChI is InChI=1S/C18H22ClN/c1-4-12-20-18(15-8-10-16(19)11-9-15)17-13(2)6-5-7-14(17)3/h5-11,18,20H,4,12H2,1-3H3. The number of benzene rings is 2. The highest BCUT2D eigenvalue weighted by molar-refractivity contribution is 6.30. The zero-order chi connectivity index (χ0) is 14.5. The number of aryl methyl sites for hydroxylation is 2. The highest BCUT2D eigenvalue weighted by Gasteiger charge is 2.17. The maximum Gasteiger partial charge on any atom is 0.0581 e. The lowest BCUT2D eigenvalue weighted by Gasteiger charge is -2.23. The molecular formula is C18H22ClN. The van der Waals surface area contributed by atoms with Crippen molar-refractivity contribution >= 4 is 11.6 Å². The van der Waals surface area contributed by atoms with Crippen molar-refractivity contribution < 1.29 is 0 Å². The van der Waals surface area contributed by atoms with E-state index in [0.29, 0.717) is 0 Å². The van der Waals surface area contributed by atoms with Crippen molar-refractivity contribution in [1.29, 1.82) is 0 Å². The molecule has 2 heteroatoms. The predicted molar refractivity (Wildman–Crippen MR) is 87.5 cm³/mol. The molecule has 2 aromatic rings. The van der Waals surface area contributed by atoms with Crippen molar-refractivity contribution in [3.63, 3.8) is 0 Å². The molecule has 0 aliphatic rings. The summed E-state index contributed by atoms with van der Waals surface area (Å²) in [5.74, 6) is 0. The first kappa shape index (κ1) is 15.1. The van der Waals surface area contributed by atoms with Gasteiger partial charge in [0.25, 0.3) is 0 Å². The number of hydrogen-bond donors (Lipinski definition) is 1. The number of hydrogen-bond acceptors (Lipinski definition) is 1. The molecule has 0 aliphatic heterocycles. The minimum absolute atomic E-state index is 0.230. The highest BCUT2D eigenvalue weighted by Crippen LogP contribution is 2.28. The highest BCUT2D eigenvalue weighted by atomic mass is 35.5. The molecule has 0 saturated heterocycles. The summed E-state index contributed by atoms with van der Waals surface area (Å²) in [6.45, 7) is 7.55. The first-order valence-electron chi connectivity index (χ1n) is 7.18. The Balaban J connectivity index is 2.44. The molecule has 0 aliphatic carbocycles. The van der Waals surface area contributed by atoms with Crippen LogP contribution in [0.4, 0.5) is 0 Å². The SMILES string of the molecule is CCCNC(c1ccc(Cl)cc1)c1c(C)cccc1C. The summed E-state index contributed by atoms with van der Waals surface area (Å²) >= 11 is 6.01. The Kier molecular flexibility index (Phi) is 5.22. The molecule has 0 spiro atoms. The third kappa shape index (κ3) is 3.41. The van der Waals surface area contributed by atoms with E-state index in [4.69, 9.17) is 11.6 Å². The molecule has 0 radical (unpaired) electrons. The smallest absolute Gasteiger partial charge is 0.0581 e. The fourth-order valence-corrected chi connectivity index (χ4v) is 2.74. The van der Waals surface area contributed by atoms with Crippen molar-refractivity contribution in [3.8, 4) is 0 Å². The first-order chi connectivity index (χ1) is 9.63. The Morgan fingerprint density at radius 2 is 1.60 bits per heavy atom. The topological polar surface area (TPSA) is 12.0 Å². The molecule has 0 bridgehead atoms. The molecule has 0 fully saturated rings. The molecule has 0 saturated carbocycles. The van der Waals surface area contributed by atoms with Gasteiger partial charge in [0.1, 0.15) is 0 Å². The van der Waals surface area contributed by atoms with Crippen LogP contribution in [0, 0.1) is 13.8 Å². The lowest BCUT2D eigenvalue weighted by atomic mass is 9.91. The van der Waals surface area contributed by atoms with Crippen molar-refractivity contribution in [2.45, 2.75) is 33.2 Å². The van der Waals surface area contributed by atoms with E-state index in [1.165, 1.54) is 22.3 Å². The van der Waals surface area contributed by atoms with Crippen LogP contribution in [0.1, 0.15) is 41.6 Å². The Morgan fingerprint density at radius 1 is 1.00 bits per heavy atom. The third-order valence-corrected chi connectivity index (χ3v) is 3.88. The molecule has 2 aromatic carbocycles. The van der Waals surface area contributed by atoms with Crippen molar-refractivity contribution in [2.24, 2.45) is 0 Å². The molecule has 1 N–H and O–H groups in total. The van der Waals surface area contributed by atoms with E-state index in [9.17, 15) is 0 Å². The van der Waals surface area contributed by atoms with Gasteiger partial charge in [-0.05, 0) is 61.2 Å². The van der Waals surface area contributed by atoms with Gasteiger partial charge >= 0.3 is 0 Å². The van der Waals surface area contributed by atoms with Crippen LogP contribution >= 0.6 is 11.6 Å². The van der Waals surface area contributed by atoms with Crippen LogP contribution in [0.5, 0.6) is 0 Å². The van der Waals surface area contributed by atoms with Gasteiger partial charge in [0.15, 0.2) is 0 Å². The molecular weight excluding hydrogens is 266 g/mol. The van der Waals surface area contributed by atoms with Gasteiger partial charge < -0.3 is 5.32 Å². The maximum atomic E-state index is 6.01. The second-order valence-corrected chi connectivity index (χ2v) is 5.68. The quantitative estimate of drug-likeness (QED) is 0.812. The largest absolute Gasteiger partial charge is 0.306 e. The molecule has 20 heavy (non-hydrogen) atoms. The molecule has 0 amide bonds. The second-order valence-electron chi connectivity index (χ2n) is 5.24. The summed E-state index contributed by atoms with van der Waals surface area (Å²) in [4.78, 5) is 0. The molecule has 0 heterocycles. The van der Waals surface area contributed by atoms with E-state index in [1.807, 2.05) is 12.1 Å². The summed E-state index contributed by atoms with van der Waals surface area (Å²) in [7, 11) is 0. The predicted octanol–water partition coefficient (Wildman–Crippen LogP) is 5.05. The van der Waals surface area contributed by atoms with Crippen molar-refractivity contribution in [2.75, 3.05) is 6.54 Å². The maximum absolute atomic E-state index is 6.01. The van der Waals surface area contributed by atoms with Crippen LogP contribution in [0.2, 0.25) is 5.02 Å². The molecule has 0 aromatic heterocycles. The minimum Gasteiger partial charge on any atom is -0.306 e. The van der Waals surface area contributed by atoms with Gasteiger partial charge in [-0.15, -0.1) is 0 Å². The van der Waals surface area contributed by atoms with E-state index in [-0.39, 0.29) is 6.04 Å². The number of rotatable bonds is 5. The molecule has 1 atom stereocenters. The van der Waals surface area contributed by atoms with Crippen LogP contribution in [0.15, 0.2) is 42.5 Å². The Labute approximate surface area is 127 Å². The molecule has 106 valence electrons. The van der Waals surface area contributed by atoms with E-state index in [0.717, 1.165) is 18.0 Å². The summed E-state index contributed by atoms with van der Waals surface area (Å²) in [6.07, 6.45) is 1.12. The van der Waals surface area contributed by atoms with Gasteiger partial charge in [-0.25, -0.2) is 0 Å². The average Bonchev–Trinajstić information content (AvgIpc) is 2.43. The summed E-state index contributed by atoms with van der Waals surface area (Å²) in [5.41, 5.74) is 5.30. The monoisotopic (exact) mass is 287 g/mol.